The van der Waals surface area contributed by atoms with Crippen molar-refractivity contribution in [1.82, 2.24) is 9.97 Å². The average molecular weight is 187 g/mol. The lowest BCUT2D eigenvalue weighted by molar-refractivity contribution is 0.869. The molecular formula is C11H13N3. The molecule has 0 aliphatic heterocycles. The van der Waals surface area contributed by atoms with Gasteiger partial charge in [0.2, 0.25) is 0 Å². The van der Waals surface area contributed by atoms with Crippen LogP contribution in [0.1, 0.15) is 11.5 Å². The quantitative estimate of drug-likeness (QED) is 0.774. The molecule has 1 aromatic heterocycles. The number of fused-ring (bicyclic) bond motifs is 1. The van der Waals surface area contributed by atoms with Crippen LogP contribution in [0.4, 0.5) is 0 Å². The zero-order chi connectivity index (χ0) is 9.97. The summed E-state index contributed by atoms with van der Waals surface area (Å²) < 4.78 is 0. The molecule has 0 fully saturated rings. The van der Waals surface area contributed by atoms with Crippen LogP contribution in [0.25, 0.3) is 10.9 Å². The molecule has 1 heterocycles. The smallest absolute Gasteiger partial charge is 0.130 e. The molecule has 3 nitrogen and oxygen atoms in total. The van der Waals surface area contributed by atoms with Crippen LogP contribution in [-0.4, -0.2) is 16.5 Å². The van der Waals surface area contributed by atoms with Gasteiger partial charge in [0.1, 0.15) is 5.82 Å². The molecule has 0 saturated heterocycles. The summed E-state index contributed by atoms with van der Waals surface area (Å²) in [6.07, 6.45) is 0.742. The number of para-hydroxylation sites is 1. The average Bonchev–Trinajstić information content (AvgIpc) is 2.18. The third kappa shape index (κ3) is 1.59. The second-order valence-electron chi connectivity index (χ2n) is 3.28. The van der Waals surface area contributed by atoms with Gasteiger partial charge in [0.25, 0.3) is 0 Å². The molecule has 0 saturated carbocycles. The van der Waals surface area contributed by atoms with E-state index in [1.165, 1.54) is 0 Å². The topological polar surface area (TPSA) is 51.8 Å². The maximum Gasteiger partial charge on any atom is 0.130 e. The molecule has 0 radical (unpaired) electrons. The van der Waals surface area contributed by atoms with Gasteiger partial charge in [-0.1, -0.05) is 18.2 Å². The lowest BCUT2D eigenvalue weighted by Crippen LogP contribution is -2.07. The highest BCUT2D eigenvalue weighted by Gasteiger charge is 2.02. The van der Waals surface area contributed by atoms with Crippen LogP contribution < -0.4 is 5.73 Å². The minimum Gasteiger partial charge on any atom is -0.330 e. The second kappa shape index (κ2) is 3.72. The fourth-order valence-electron chi connectivity index (χ4n) is 1.54. The lowest BCUT2D eigenvalue weighted by atomic mass is 10.2. The zero-order valence-corrected chi connectivity index (χ0v) is 8.20. The Kier molecular flexibility index (Phi) is 2.41. The van der Waals surface area contributed by atoms with E-state index < -0.39 is 0 Å². The zero-order valence-electron chi connectivity index (χ0n) is 8.20. The van der Waals surface area contributed by atoms with Gasteiger partial charge in [-0.3, -0.25) is 0 Å². The third-order valence-corrected chi connectivity index (χ3v) is 2.21. The van der Waals surface area contributed by atoms with Crippen molar-refractivity contribution in [3.05, 3.63) is 35.8 Å². The van der Waals surface area contributed by atoms with Crippen molar-refractivity contribution in [2.75, 3.05) is 6.54 Å². The first-order valence-corrected chi connectivity index (χ1v) is 4.73. The number of hydrogen-bond acceptors (Lipinski definition) is 3. The molecule has 2 aromatic rings. The van der Waals surface area contributed by atoms with Crippen LogP contribution in [0.2, 0.25) is 0 Å². The highest BCUT2D eigenvalue weighted by Crippen LogP contribution is 2.14. The maximum absolute atomic E-state index is 5.47. The first-order valence-electron chi connectivity index (χ1n) is 4.73. The summed E-state index contributed by atoms with van der Waals surface area (Å²) in [6, 6.07) is 8.03. The van der Waals surface area contributed by atoms with E-state index in [-0.39, 0.29) is 0 Å². The van der Waals surface area contributed by atoms with E-state index in [9.17, 15) is 0 Å². The summed E-state index contributed by atoms with van der Waals surface area (Å²) >= 11 is 0. The van der Waals surface area contributed by atoms with Gasteiger partial charge in [-0.05, 0) is 19.5 Å². The maximum atomic E-state index is 5.47. The summed E-state index contributed by atoms with van der Waals surface area (Å²) in [5.74, 6) is 0.837. The SMILES string of the molecule is Cc1nc(CCN)nc2ccccc12. The van der Waals surface area contributed by atoms with Crippen LogP contribution in [0.3, 0.4) is 0 Å². The molecule has 0 aliphatic rings. The molecular weight excluding hydrogens is 174 g/mol. The number of rotatable bonds is 2. The predicted octanol–water partition coefficient (Wildman–Crippen LogP) is 1.44. The molecule has 0 bridgehead atoms. The van der Waals surface area contributed by atoms with Crippen molar-refractivity contribution in [1.29, 1.82) is 0 Å². The molecule has 0 atom stereocenters. The summed E-state index contributed by atoms with van der Waals surface area (Å²) in [5, 5.41) is 1.12. The highest BCUT2D eigenvalue weighted by molar-refractivity contribution is 5.80. The molecule has 1 aromatic carbocycles. The Morgan fingerprint density at radius 1 is 1.21 bits per heavy atom. The fourth-order valence-corrected chi connectivity index (χ4v) is 1.54. The summed E-state index contributed by atoms with van der Waals surface area (Å²) in [6.45, 7) is 2.60. The van der Waals surface area contributed by atoms with Gasteiger partial charge in [0.15, 0.2) is 0 Å². The normalized spacial score (nSPS) is 10.7. The highest BCUT2D eigenvalue weighted by atomic mass is 14.9. The molecule has 0 amide bonds. The van der Waals surface area contributed by atoms with Crippen LogP contribution in [0, 0.1) is 6.92 Å². The summed E-state index contributed by atoms with van der Waals surface area (Å²) in [4.78, 5) is 8.83. The largest absolute Gasteiger partial charge is 0.330 e. The number of aromatic nitrogens is 2. The van der Waals surface area contributed by atoms with Gasteiger partial charge in [0.05, 0.1) is 5.52 Å². The number of nitrogens with two attached hydrogens (primary N) is 1. The first-order chi connectivity index (χ1) is 6.81. The van der Waals surface area contributed by atoms with E-state index in [0.29, 0.717) is 6.54 Å². The van der Waals surface area contributed by atoms with Crippen LogP contribution in [-0.2, 0) is 6.42 Å². The van der Waals surface area contributed by atoms with E-state index in [4.69, 9.17) is 5.73 Å². The molecule has 3 heteroatoms. The van der Waals surface area contributed by atoms with Crippen molar-refractivity contribution < 1.29 is 0 Å². The minimum absolute atomic E-state index is 0.595. The predicted molar refractivity (Wildman–Crippen MR) is 57.0 cm³/mol. The number of aryl methyl sites for hydroxylation is 1. The van der Waals surface area contributed by atoms with Gasteiger partial charge in [-0.2, -0.15) is 0 Å². The van der Waals surface area contributed by atoms with Gasteiger partial charge in [-0.15, -0.1) is 0 Å². The molecule has 0 aliphatic carbocycles. The summed E-state index contributed by atoms with van der Waals surface area (Å²) in [7, 11) is 0. The van der Waals surface area contributed by atoms with Gasteiger partial charge in [0, 0.05) is 17.5 Å². The Morgan fingerprint density at radius 3 is 2.79 bits per heavy atom. The van der Waals surface area contributed by atoms with Crippen LogP contribution in [0.5, 0.6) is 0 Å². The standard InChI is InChI=1S/C11H13N3/c1-8-9-4-2-3-5-10(9)14-11(13-8)6-7-12/h2-5H,6-7,12H2,1H3. The van der Waals surface area contributed by atoms with Crippen molar-refractivity contribution in [3.8, 4) is 0 Å². The first kappa shape index (κ1) is 9.09. The minimum atomic E-state index is 0.595. The molecule has 2 N–H and O–H groups in total. The van der Waals surface area contributed by atoms with Crippen molar-refractivity contribution in [2.24, 2.45) is 5.73 Å². The molecule has 0 unspecified atom stereocenters. The van der Waals surface area contributed by atoms with Crippen molar-refractivity contribution in [3.63, 3.8) is 0 Å². The van der Waals surface area contributed by atoms with Crippen molar-refractivity contribution in [2.45, 2.75) is 13.3 Å². The van der Waals surface area contributed by atoms with E-state index in [2.05, 4.69) is 9.97 Å². The van der Waals surface area contributed by atoms with E-state index in [0.717, 1.165) is 28.8 Å². The Morgan fingerprint density at radius 2 is 2.00 bits per heavy atom. The van der Waals surface area contributed by atoms with Crippen LogP contribution >= 0.6 is 0 Å². The van der Waals surface area contributed by atoms with Crippen LogP contribution in [0.15, 0.2) is 24.3 Å². The molecule has 2 rings (SSSR count). The lowest BCUT2D eigenvalue weighted by Gasteiger charge is -2.03. The molecule has 0 spiro atoms. The molecule has 14 heavy (non-hydrogen) atoms. The Bertz CT molecular complexity index is 451. The van der Waals surface area contributed by atoms with Crippen molar-refractivity contribution >= 4 is 10.9 Å². The van der Waals surface area contributed by atoms with Gasteiger partial charge < -0.3 is 5.73 Å². The number of nitrogens with zero attached hydrogens (tertiary/aromatic N) is 2. The summed E-state index contributed by atoms with van der Waals surface area (Å²) in [5.41, 5.74) is 7.50. The van der Waals surface area contributed by atoms with Gasteiger partial charge >= 0.3 is 0 Å². The number of benzene rings is 1. The fraction of sp³-hybridized carbons (Fsp3) is 0.273. The van der Waals surface area contributed by atoms with E-state index >= 15 is 0 Å². The Hall–Kier alpha value is -1.48. The second-order valence-corrected chi connectivity index (χ2v) is 3.28. The Labute approximate surface area is 83.0 Å². The van der Waals surface area contributed by atoms with E-state index in [1.54, 1.807) is 0 Å². The monoisotopic (exact) mass is 187 g/mol. The van der Waals surface area contributed by atoms with E-state index in [1.807, 2.05) is 31.2 Å². The molecule has 72 valence electrons. The Balaban J connectivity index is 2.60. The third-order valence-electron chi connectivity index (χ3n) is 2.21. The van der Waals surface area contributed by atoms with Gasteiger partial charge in [-0.25, -0.2) is 9.97 Å². The number of hydrogen-bond donors (Lipinski definition) is 1.